The maximum Gasteiger partial charge on any atom is 0.302 e. The lowest BCUT2D eigenvalue weighted by Gasteiger charge is -2.07. The third-order valence-electron chi connectivity index (χ3n) is 1.57. The summed E-state index contributed by atoms with van der Waals surface area (Å²) in [5.74, 6) is 0.479. The molecule has 0 saturated heterocycles. The summed E-state index contributed by atoms with van der Waals surface area (Å²) in [5.41, 5.74) is 2.59. The van der Waals surface area contributed by atoms with E-state index in [4.69, 9.17) is 27.9 Å². The highest BCUT2D eigenvalue weighted by molar-refractivity contribution is 7.87. The maximum atomic E-state index is 10.9. The number of rotatable bonds is 5. The van der Waals surface area contributed by atoms with Crippen LogP contribution < -0.4 is 10.2 Å². The lowest BCUT2D eigenvalue weighted by atomic mass is 10.3. The molecular formula is C8H9Cl2NO4S. The highest BCUT2D eigenvalue weighted by Gasteiger charge is 2.09. The number of anilines is 1. The van der Waals surface area contributed by atoms with Crippen LogP contribution in [0.25, 0.3) is 0 Å². The van der Waals surface area contributed by atoms with Crippen LogP contribution in [0.1, 0.15) is 0 Å². The molecule has 0 atom stereocenters. The van der Waals surface area contributed by atoms with Crippen molar-refractivity contribution in [1.82, 2.24) is 0 Å². The molecule has 0 radical (unpaired) electrons. The molecule has 8 heteroatoms. The van der Waals surface area contributed by atoms with E-state index >= 15 is 0 Å². The number of benzene rings is 1. The zero-order valence-electron chi connectivity index (χ0n) is 8.24. The lowest BCUT2D eigenvalue weighted by Crippen LogP contribution is -2.12. The van der Waals surface area contributed by atoms with Gasteiger partial charge in [0, 0.05) is 0 Å². The van der Waals surface area contributed by atoms with Gasteiger partial charge in [0.2, 0.25) is 0 Å². The van der Waals surface area contributed by atoms with Gasteiger partial charge in [0.25, 0.3) is 0 Å². The topological polar surface area (TPSA) is 64.6 Å². The number of hydrogen-bond acceptors (Lipinski definition) is 5. The van der Waals surface area contributed by atoms with E-state index in [2.05, 4.69) is 9.76 Å². The number of ether oxygens (including phenoxy) is 1. The minimum atomic E-state index is -3.77. The number of hydrogen-bond donors (Lipinski definition) is 1. The Morgan fingerprint density at radius 1 is 1.44 bits per heavy atom. The molecule has 0 aliphatic rings. The first-order valence-corrected chi connectivity index (χ1v) is 6.54. The molecule has 0 aliphatic heterocycles. The zero-order chi connectivity index (χ0) is 12.2. The molecule has 1 rings (SSSR count). The molecule has 0 saturated carbocycles. The third kappa shape index (κ3) is 3.71. The van der Waals surface area contributed by atoms with Gasteiger partial charge >= 0.3 is 10.1 Å². The molecule has 0 bridgehead atoms. The summed E-state index contributed by atoms with van der Waals surface area (Å²) in [7, 11) is -2.29. The predicted octanol–water partition coefficient (Wildman–Crippen LogP) is 2.22. The van der Waals surface area contributed by atoms with Crippen LogP contribution in [-0.2, 0) is 14.4 Å². The highest BCUT2D eigenvalue weighted by atomic mass is 35.5. The molecule has 1 aromatic carbocycles. The van der Waals surface area contributed by atoms with Crippen molar-refractivity contribution in [2.24, 2.45) is 0 Å². The lowest BCUT2D eigenvalue weighted by molar-refractivity contribution is 0.394. The quantitative estimate of drug-likeness (QED) is 0.664. The van der Waals surface area contributed by atoms with Crippen molar-refractivity contribution >= 4 is 39.0 Å². The van der Waals surface area contributed by atoms with Crippen molar-refractivity contribution in [2.75, 3.05) is 17.8 Å². The van der Waals surface area contributed by atoms with Gasteiger partial charge in [0.1, 0.15) is 5.75 Å². The van der Waals surface area contributed by atoms with E-state index in [0.29, 0.717) is 16.5 Å². The Morgan fingerprint density at radius 3 is 2.62 bits per heavy atom. The van der Waals surface area contributed by atoms with E-state index in [-0.39, 0.29) is 0 Å². The average Bonchev–Trinajstić information content (AvgIpc) is 2.27. The Balaban J connectivity index is 2.73. The molecule has 0 heterocycles. The molecule has 90 valence electrons. The van der Waals surface area contributed by atoms with E-state index < -0.39 is 15.3 Å². The van der Waals surface area contributed by atoms with Crippen molar-refractivity contribution in [3.8, 4) is 5.75 Å². The molecular weight excluding hydrogens is 277 g/mol. The van der Waals surface area contributed by atoms with Gasteiger partial charge in [-0.2, -0.15) is 12.7 Å². The number of alkyl halides is 1. The van der Waals surface area contributed by atoms with Gasteiger partial charge in [-0.1, -0.05) is 11.6 Å². The Hall–Kier alpha value is -0.690. The fourth-order valence-corrected chi connectivity index (χ4v) is 1.52. The first-order chi connectivity index (χ1) is 7.48. The molecule has 16 heavy (non-hydrogen) atoms. The molecule has 5 nitrogen and oxygen atoms in total. The minimum absolute atomic E-state index is 0.333. The summed E-state index contributed by atoms with van der Waals surface area (Å²) in [4.78, 5) is 0. The zero-order valence-corrected chi connectivity index (χ0v) is 10.6. The van der Waals surface area contributed by atoms with Gasteiger partial charge in [-0.05, 0) is 18.2 Å². The van der Waals surface area contributed by atoms with Gasteiger partial charge in [0.05, 0.1) is 17.8 Å². The second-order valence-electron chi connectivity index (χ2n) is 2.70. The molecule has 0 amide bonds. The molecule has 0 aromatic heterocycles. The summed E-state index contributed by atoms with van der Waals surface area (Å²) in [6.07, 6.45) is 0. The van der Waals surface area contributed by atoms with E-state index in [0.717, 1.165) is 0 Å². The monoisotopic (exact) mass is 285 g/mol. The Labute approximate surface area is 103 Å². The van der Waals surface area contributed by atoms with Crippen molar-refractivity contribution in [2.45, 2.75) is 0 Å². The standard InChI is InChI=1S/C8H9Cl2NO4S/c1-14-8-3-2-6(4-7(8)10)11-15-16(12,13)5-9/h2-4,11H,5H2,1H3. The molecule has 1 N–H and O–H groups in total. The minimum Gasteiger partial charge on any atom is -0.495 e. The van der Waals surface area contributed by atoms with Crippen LogP contribution in [0, 0.1) is 0 Å². The molecule has 0 unspecified atom stereocenters. The van der Waals surface area contributed by atoms with Gasteiger partial charge in [-0.15, -0.1) is 11.6 Å². The third-order valence-corrected chi connectivity index (χ3v) is 3.27. The predicted molar refractivity (Wildman–Crippen MR) is 62.4 cm³/mol. The second kappa shape index (κ2) is 5.58. The van der Waals surface area contributed by atoms with Gasteiger partial charge in [0.15, 0.2) is 5.21 Å². The number of halogens is 2. The van der Waals surface area contributed by atoms with Crippen molar-refractivity contribution in [1.29, 1.82) is 0 Å². The van der Waals surface area contributed by atoms with Crippen LogP contribution in [0.4, 0.5) is 5.69 Å². The fourth-order valence-electron chi connectivity index (χ4n) is 0.864. The highest BCUT2D eigenvalue weighted by Crippen LogP contribution is 2.27. The van der Waals surface area contributed by atoms with Crippen LogP contribution in [-0.4, -0.2) is 20.7 Å². The first-order valence-electron chi connectivity index (χ1n) is 4.05. The average molecular weight is 286 g/mol. The van der Waals surface area contributed by atoms with Crippen molar-refractivity contribution in [3.63, 3.8) is 0 Å². The maximum absolute atomic E-state index is 10.9. The Kier molecular flexibility index (Phi) is 4.67. The number of nitrogens with one attached hydrogen (secondary N) is 1. The van der Waals surface area contributed by atoms with Crippen molar-refractivity contribution in [3.05, 3.63) is 23.2 Å². The van der Waals surface area contributed by atoms with E-state index in [9.17, 15) is 8.42 Å². The smallest absolute Gasteiger partial charge is 0.302 e. The second-order valence-corrected chi connectivity index (χ2v) is 5.26. The van der Waals surface area contributed by atoms with E-state index in [1.807, 2.05) is 0 Å². The van der Waals surface area contributed by atoms with Crippen LogP contribution >= 0.6 is 23.2 Å². The van der Waals surface area contributed by atoms with Gasteiger partial charge in [-0.3, -0.25) is 0 Å². The molecule has 0 fully saturated rings. The van der Waals surface area contributed by atoms with Crippen LogP contribution in [0.2, 0.25) is 5.02 Å². The molecule has 0 aliphatic carbocycles. The SMILES string of the molecule is COc1ccc(NOS(=O)(=O)CCl)cc1Cl. The van der Waals surface area contributed by atoms with Crippen LogP contribution in [0.15, 0.2) is 18.2 Å². The summed E-state index contributed by atoms with van der Waals surface area (Å²) in [5, 5.41) is -0.302. The van der Waals surface area contributed by atoms with Gasteiger partial charge in [-0.25, -0.2) is 5.48 Å². The summed E-state index contributed by atoms with van der Waals surface area (Å²) in [6, 6.07) is 4.58. The summed E-state index contributed by atoms with van der Waals surface area (Å²) in [6.45, 7) is 0. The number of methoxy groups -OCH3 is 1. The Bertz CT molecular complexity index is 463. The first kappa shape index (κ1) is 13.4. The molecule has 1 aromatic rings. The Morgan fingerprint density at radius 2 is 2.12 bits per heavy atom. The van der Waals surface area contributed by atoms with E-state index in [1.165, 1.54) is 13.2 Å². The normalized spacial score (nSPS) is 11.2. The fraction of sp³-hybridized carbons (Fsp3) is 0.250. The summed E-state index contributed by atoms with van der Waals surface area (Å²) < 4.78 is 31.1. The van der Waals surface area contributed by atoms with Gasteiger partial charge < -0.3 is 4.74 Å². The summed E-state index contributed by atoms with van der Waals surface area (Å²) >= 11 is 11.0. The van der Waals surface area contributed by atoms with Crippen molar-refractivity contribution < 1.29 is 17.4 Å². The molecule has 0 spiro atoms. The largest absolute Gasteiger partial charge is 0.495 e. The van der Waals surface area contributed by atoms with Crippen LogP contribution in [0.5, 0.6) is 5.75 Å². The van der Waals surface area contributed by atoms with E-state index in [1.54, 1.807) is 12.1 Å². The van der Waals surface area contributed by atoms with Crippen LogP contribution in [0.3, 0.4) is 0 Å².